The maximum atomic E-state index is 12.8. The Morgan fingerprint density at radius 3 is 2.14 bits per heavy atom. The molecule has 5 nitrogen and oxygen atoms in total. The minimum Gasteiger partial charge on any atom is -0.266 e. The molecule has 29 heavy (non-hydrogen) atoms. The van der Waals surface area contributed by atoms with Crippen molar-refractivity contribution < 1.29 is 8.42 Å². The highest BCUT2D eigenvalue weighted by atomic mass is 35.5. The second-order valence-electron chi connectivity index (χ2n) is 6.50. The Bertz CT molecular complexity index is 1210. The molecular weight excluding hydrogens is 406 g/mol. The normalized spacial score (nSPS) is 11.3. The average molecular weight is 424 g/mol. The molecule has 0 unspecified atom stereocenters. The van der Waals surface area contributed by atoms with Gasteiger partial charge in [-0.15, -0.1) is 0 Å². The summed E-state index contributed by atoms with van der Waals surface area (Å²) in [5, 5.41) is 5.12. The third-order valence-corrected chi connectivity index (χ3v) is 6.00. The van der Waals surface area contributed by atoms with Gasteiger partial charge in [-0.3, -0.25) is 9.40 Å². The first-order valence-electron chi connectivity index (χ1n) is 8.96. The lowest BCUT2D eigenvalue weighted by atomic mass is 10.1. The Hall–Kier alpha value is -3.09. The molecule has 3 aromatic carbocycles. The lowest BCUT2D eigenvalue weighted by Crippen LogP contribution is -2.14. The van der Waals surface area contributed by atoms with Gasteiger partial charge in [-0.2, -0.15) is 5.10 Å². The van der Waals surface area contributed by atoms with Gasteiger partial charge in [-0.05, 0) is 35.4 Å². The first-order chi connectivity index (χ1) is 14.0. The molecule has 1 heterocycles. The molecule has 0 aliphatic heterocycles. The zero-order chi connectivity index (χ0) is 20.3. The van der Waals surface area contributed by atoms with E-state index in [0.717, 1.165) is 11.1 Å². The van der Waals surface area contributed by atoms with E-state index in [2.05, 4.69) is 9.82 Å². The summed E-state index contributed by atoms with van der Waals surface area (Å²) >= 11 is 6.01. The number of sulfonamides is 1. The maximum Gasteiger partial charge on any atom is 0.263 e. The lowest BCUT2D eigenvalue weighted by Gasteiger charge is -2.08. The Morgan fingerprint density at radius 1 is 0.862 bits per heavy atom. The number of halogens is 1. The van der Waals surface area contributed by atoms with Crippen molar-refractivity contribution >= 4 is 27.4 Å². The molecule has 0 spiro atoms. The summed E-state index contributed by atoms with van der Waals surface area (Å²) in [6.07, 6.45) is 1.83. The Kier molecular flexibility index (Phi) is 5.38. The summed E-state index contributed by atoms with van der Waals surface area (Å²) in [5.74, 6) is 0.270. The number of aromatic nitrogens is 2. The van der Waals surface area contributed by atoms with E-state index in [0.29, 0.717) is 17.1 Å². The van der Waals surface area contributed by atoms with Crippen molar-refractivity contribution in [2.45, 2.75) is 11.4 Å². The van der Waals surface area contributed by atoms with E-state index < -0.39 is 10.0 Å². The molecule has 0 aliphatic rings. The van der Waals surface area contributed by atoms with Gasteiger partial charge in [0.15, 0.2) is 5.82 Å². The number of hydrogen-bond donors (Lipinski definition) is 1. The standard InChI is InChI=1S/C22H18ClN3O2S/c23-19-13-11-18(12-14-19)21-16-26(15-17-7-3-1-4-8-17)24-22(21)25-29(27,28)20-9-5-2-6-10-20/h1-14,16H,15H2,(H,24,25). The van der Waals surface area contributed by atoms with Crippen LogP contribution in [0.5, 0.6) is 0 Å². The predicted molar refractivity (Wildman–Crippen MR) is 115 cm³/mol. The molecule has 0 saturated carbocycles. The van der Waals surface area contributed by atoms with Crippen molar-refractivity contribution in [1.29, 1.82) is 0 Å². The van der Waals surface area contributed by atoms with E-state index in [1.807, 2.05) is 48.7 Å². The highest BCUT2D eigenvalue weighted by Gasteiger charge is 2.19. The van der Waals surface area contributed by atoms with Crippen molar-refractivity contribution in [3.8, 4) is 11.1 Å². The molecular formula is C22H18ClN3O2S. The topological polar surface area (TPSA) is 64.0 Å². The van der Waals surface area contributed by atoms with Gasteiger partial charge in [0.05, 0.1) is 11.4 Å². The molecule has 0 aliphatic carbocycles. The minimum absolute atomic E-state index is 0.180. The third kappa shape index (κ3) is 4.50. The molecule has 1 aromatic heterocycles. The number of nitrogens with one attached hydrogen (secondary N) is 1. The number of nitrogens with zero attached hydrogens (tertiary/aromatic N) is 2. The number of benzene rings is 3. The van der Waals surface area contributed by atoms with E-state index in [-0.39, 0.29) is 10.7 Å². The molecule has 0 radical (unpaired) electrons. The highest BCUT2D eigenvalue weighted by Crippen LogP contribution is 2.30. The fourth-order valence-electron chi connectivity index (χ4n) is 2.97. The summed E-state index contributed by atoms with van der Waals surface area (Å²) in [6.45, 7) is 0.522. The Morgan fingerprint density at radius 2 is 1.48 bits per heavy atom. The minimum atomic E-state index is -3.76. The fourth-order valence-corrected chi connectivity index (χ4v) is 4.14. The van der Waals surface area contributed by atoms with E-state index in [9.17, 15) is 8.42 Å². The van der Waals surface area contributed by atoms with Gasteiger partial charge in [0.1, 0.15) is 0 Å². The van der Waals surface area contributed by atoms with Gasteiger partial charge < -0.3 is 0 Å². The van der Waals surface area contributed by atoms with Crippen molar-refractivity contribution in [1.82, 2.24) is 9.78 Å². The second kappa shape index (κ2) is 8.11. The van der Waals surface area contributed by atoms with Crippen molar-refractivity contribution in [3.63, 3.8) is 0 Å². The van der Waals surface area contributed by atoms with Crippen LogP contribution in [-0.4, -0.2) is 18.2 Å². The van der Waals surface area contributed by atoms with Crippen LogP contribution in [0.25, 0.3) is 11.1 Å². The largest absolute Gasteiger partial charge is 0.266 e. The maximum absolute atomic E-state index is 12.8. The fraction of sp³-hybridized carbons (Fsp3) is 0.0455. The molecule has 0 atom stereocenters. The Labute approximate surface area is 174 Å². The summed E-state index contributed by atoms with van der Waals surface area (Å²) in [4.78, 5) is 0.180. The van der Waals surface area contributed by atoms with Crippen LogP contribution in [0.2, 0.25) is 5.02 Å². The van der Waals surface area contributed by atoms with Crippen molar-refractivity contribution in [2.24, 2.45) is 0 Å². The predicted octanol–water partition coefficient (Wildman–Crippen LogP) is 5.05. The van der Waals surface area contributed by atoms with Crippen molar-refractivity contribution in [3.05, 3.63) is 102 Å². The zero-order valence-electron chi connectivity index (χ0n) is 15.4. The van der Waals surface area contributed by atoms with Crippen LogP contribution in [0.4, 0.5) is 5.82 Å². The Balaban J connectivity index is 1.73. The SMILES string of the molecule is O=S(=O)(Nc1nn(Cc2ccccc2)cc1-c1ccc(Cl)cc1)c1ccccc1. The quantitative estimate of drug-likeness (QED) is 0.471. The van der Waals surface area contributed by atoms with Crippen LogP contribution in [0.1, 0.15) is 5.56 Å². The van der Waals surface area contributed by atoms with Crippen molar-refractivity contribution in [2.75, 3.05) is 4.72 Å². The summed E-state index contributed by atoms with van der Waals surface area (Å²) in [5.41, 5.74) is 2.56. The van der Waals surface area contributed by atoms with Gasteiger partial charge in [0.2, 0.25) is 0 Å². The summed E-state index contributed by atoms with van der Waals surface area (Å²) < 4.78 is 30.0. The van der Waals surface area contributed by atoms with Crippen LogP contribution in [0, 0.1) is 0 Å². The first kappa shape index (κ1) is 19.2. The average Bonchev–Trinajstić information content (AvgIpc) is 3.11. The number of rotatable bonds is 6. The van der Waals surface area contributed by atoms with E-state index >= 15 is 0 Å². The monoisotopic (exact) mass is 423 g/mol. The smallest absolute Gasteiger partial charge is 0.263 e. The molecule has 146 valence electrons. The third-order valence-electron chi connectivity index (χ3n) is 4.39. The van der Waals surface area contributed by atoms with Gasteiger partial charge in [0.25, 0.3) is 10.0 Å². The second-order valence-corrected chi connectivity index (χ2v) is 8.62. The molecule has 0 saturated heterocycles. The highest BCUT2D eigenvalue weighted by molar-refractivity contribution is 7.92. The van der Waals surface area contributed by atoms with Crippen LogP contribution in [-0.2, 0) is 16.6 Å². The van der Waals surface area contributed by atoms with E-state index in [4.69, 9.17) is 11.6 Å². The molecule has 0 amide bonds. The molecule has 7 heteroatoms. The number of hydrogen-bond acceptors (Lipinski definition) is 3. The van der Waals surface area contributed by atoms with Crippen LogP contribution >= 0.6 is 11.6 Å². The van der Waals surface area contributed by atoms with Gasteiger partial charge in [0, 0.05) is 16.8 Å². The summed E-state index contributed by atoms with van der Waals surface area (Å²) in [7, 11) is -3.76. The molecule has 0 bridgehead atoms. The van der Waals surface area contributed by atoms with Crippen LogP contribution in [0.15, 0.2) is 96.0 Å². The lowest BCUT2D eigenvalue weighted by molar-refractivity contribution is 0.600. The van der Waals surface area contributed by atoms with Gasteiger partial charge >= 0.3 is 0 Å². The summed E-state index contributed by atoms with van der Waals surface area (Å²) in [6, 6.07) is 25.3. The van der Waals surface area contributed by atoms with E-state index in [1.165, 1.54) is 0 Å². The molecule has 4 rings (SSSR count). The molecule has 0 fully saturated rings. The van der Waals surface area contributed by atoms with Gasteiger partial charge in [-0.25, -0.2) is 8.42 Å². The number of anilines is 1. The zero-order valence-corrected chi connectivity index (χ0v) is 16.9. The molecule has 4 aromatic rings. The van der Waals surface area contributed by atoms with E-state index in [1.54, 1.807) is 47.1 Å². The first-order valence-corrected chi connectivity index (χ1v) is 10.8. The van der Waals surface area contributed by atoms with Gasteiger partial charge in [-0.1, -0.05) is 72.3 Å². The molecule has 1 N–H and O–H groups in total. The van der Waals surface area contributed by atoms with Crippen LogP contribution in [0.3, 0.4) is 0 Å². The van der Waals surface area contributed by atoms with Crippen LogP contribution < -0.4 is 4.72 Å².